The SMILES string of the molecule is C(=C\c1ccccc1)/C[C@H]1C[C@@H]2CC[C@H]1C2. The molecule has 16 heavy (non-hydrogen) atoms. The molecular formula is C16H20. The van der Waals surface area contributed by atoms with E-state index in [9.17, 15) is 0 Å². The molecule has 2 fully saturated rings. The lowest BCUT2D eigenvalue weighted by Crippen LogP contribution is -2.08. The number of benzene rings is 1. The number of allylic oxidation sites excluding steroid dienone is 1. The largest absolute Gasteiger partial charge is 0.0837 e. The van der Waals surface area contributed by atoms with E-state index >= 15 is 0 Å². The second kappa shape index (κ2) is 4.45. The lowest BCUT2D eigenvalue weighted by Gasteiger charge is -2.19. The highest BCUT2D eigenvalue weighted by Gasteiger charge is 2.38. The molecule has 0 heterocycles. The Bertz CT molecular complexity index is 363. The molecule has 0 N–H and O–H groups in total. The van der Waals surface area contributed by atoms with Crippen LogP contribution < -0.4 is 0 Å². The molecule has 1 aromatic rings. The van der Waals surface area contributed by atoms with Crippen molar-refractivity contribution in [2.24, 2.45) is 17.8 Å². The molecule has 0 aliphatic heterocycles. The number of hydrogen-bond acceptors (Lipinski definition) is 0. The first-order chi connectivity index (χ1) is 7.92. The Hall–Kier alpha value is -1.04. The van der Waals surface area contributed by atoms with E-state index in [1.165, 1.54) is 37.7 Å². The smallest absolute Gasteiger partial charge is 0.0260 e. The maximum absolute atomic E-state index is 2.39. The summed E-state index contributed by atoms with van der Waals surface area (Å²) in [6.07, 6.45) is 12.0. The summed E-state index contributed by atoms with van der Waals surface area (Å²) >= 11 is 0. The molecule has 0 amide bonds. The molecule has 2 saturated carbocycles. The zero-order valence-electron chi connectivity index (χ0n) is 9.81. The maximum atomic E-state index is 2.39. The number of fused-ring (bicyclic) bond motifs is 2. The van der Waals surface area contributed by atoms with E-state index in [1.54, 1.807) is 0 Å². The highest BCUT2D eigenvalue weighted by molar-refractivity contribution is 5.48. The van der Waals surface area contributed by atoms with Gasteiger partial charge in [0.2, 0.25) is 0 Å². The van der Waals surface area contributed by atoms with Crippen LogP contribution in [0.3, 0.4) is 0 Å². The van der Waals surface area contributed by atoms with Crippen molar-refractivity contribution >= 4 is 6.08 Å². The molecule has 2 bridgehead atoms. The third-order valence-corrected chi connectivity index (χ3v) is 4.43. The van der Waals surface area contributed by atoms with Gasteiger partial charge in [0.15, 0.2) is 0 Å². The number of rotatable bonds is 3. The van der Waals surface area contributed by atoms with E-state index in [1.807, 2.05) is 0 Å². The Morgan fingerprint density at radius 2 is 1.94 bits per heavy atom. The van der Waals surface area contributed by atoms with Crippen molar-refractivity contribution in [2.75, 3.05) is 0 Å². The third kappa shape index (κ3) is 2.07. The average molecular weight is 212 g/mol. The Kier molecular flexibility index (Phi) is 2.82. The summed E-state index contributed by atoms with van der Waals surface area (Å²) in [7, 11) is 0. The van der Waals surface area contributed by atoms with E-state index in [2.05, 4.69) is 42.5 Å². The van der Waals surface area contributed by atoms with Crippen molar-refractivity contribution in [1.82, 2.24) is 0 Å². The lowest BCUT2D eigenvalue weighted by molar-refractivity contribution is 0.336. The van der Waals surface area contributed by atoms with Gasteiger partial charge in [-0.15, -0.1) is 0 Å². The molecular weight excluding hydrogens is 192 g/mol. The summed E-state index contributed by atoms with van der Waals surface area (Å²) in [5.74, 6) is 3.14. The topological polar surface area (TPSA) is 0 Å². The van der Waals surface area contributed by atoms with E-state index in [0.29, 0.717) is 0 Å². The van der Waals surface area contributed by atoms with Crippen LogP contribution in [0.4, 0.5) is 0 Å². The minimum atomic E-state index is 0.999. The van der Waals surface area contributed by atoms with E-state index in [-0.39, 0.29) is 0 Å². The van der Waals surface area contributed by atoms with Crippen LogP contribution in [0.15, 0.2) is 36.4 Å². The van der Waals surface area contributed by atoms with Gasteiger partial charge in [0.05, 0.1) is 0 Å². The highest BCUT2D eigenvalue weighted by Crippen LogP contribution is 2.49. The van der Waals surface area contributed by atoms with Gasteiger partial charge in [0.1, 0.15) is 0 Å². The Morgan fingerprint density at radius 3 is 2.62 bits per heavy atom. The van der Waals surface area contributed by atoms with Crippen LogP contribution in [0.5, 0.6) is 0 Å². The molecule has 0 unspecified atom stereocenters. The first-order valence-corrected chi connectivity index (χ1v) is 6.63. The lowest BCUT2D eigenvalue weighted by atomic mass is 9.86. The summed E-state index contributed by atoms with van der Waals surface area (Å²) < 4.78 is 0. The normalized spacial score (nSPS) is 32.6. The summed E-state index contributed by atoms with van der Waals surface area (Å²) in [5.41, 5.74) is 1.34. The van der Waals surface area contributed by atoms with Gasteiger partial charge < -0.3 is 0 Å². The minimum absolute atomic E-state index is 0.999. The summed E-state index contributed by atoms with van der Waals surface area (Å²) in [6.45, 7) is 0. The van der Waals surface area contributed by atoms with Gasteiger partial charge in [-0.05, 0) is 49.0 Å². The Balaban J connectivity index is 1.55. The average Bonchev–Trinajstić information content (AvgIpc) is 2.92. The minimum Gasteiger partial charge on any atom is -0.0837 e. The van der Waals surface area contributed by atoms with Crippen LogP contribution in [0, 0.1) is 17.8 Å². The van der Waals surface area contributed by atoms with Gasteiger partial charge in [0.25, 0.3) is 0 Å². The van der Waals surface area contributed by atoms with Gasteiger partial charge in [-0.3, -0.25) is 0 Å². The summed E-state index contributed by atoms with van der Waals surface area (Å²) in [6, 6.07) is 10.6. The molecule has 2 aliphatic rings. The molecule has 0 aromatic heterocycles. The quantitative estimate of drug-likeness (QED) is 0.690. The first kappa shape index (κ1) is 10.1. The van der Waals surface area contributed by atoms with Gasteiger partial charge >= 0.3 is 0 Å². The van der Waals surface area contributed by atoms with E-state index in [0.717, 1.165) is 17.8 Å². The second-order valence-electron chi connectivity index (χ2n) is 5.48. The number of hydrogen-bond donors (Lipinski definition) is 0. The van der Waals surface area contributed by atoms with Crippen molar-refractivity contribution in [3.05, 3.63) is 42.0 Å². The van der Waals surface area contributed by atoms with E-state index < -0.39 is 0 Å². The van der Waals surface area contributed by atoms with Crippen LogP contribution in [0.2, 0.25) is 0 Å². The van der Waals surface area contributed by atoms with E-state index in [4.69, 9.17) is 0 Å². The van der Waals surface area contributed by atoms with Crippen molar-refractivity contribution < 1.29 is 0 Å². The van der Waals surface area contributed by atoms with Gasteiger partial charge in [-0.25, -0.2) is 0 Å². The Morgan fingerprint density at radius 1 is 1.06 bits per heavy atom. The van der Waals surface area contributed by atoms with Crippen LogP contribution in [-0.2, 0) is 0 Å². The Labute approximate surface area is 98.4 Å². The fourth-order valence-corrected chi connectivity index (χ4v) is 3.61. The standard InChI is InChI=1S/C16H20/c1-2-5-13(6-3-1)7-4-8-15-11-14-9-10-16(15)12-14/h1-7,14-16H,8-12H2/b7-4+/t14-,15-,16-/m0/s1. The second-order valence-corrected chi connectivity index (χ2v) is 5.48. The zero-order chi connectivity index (χ0) is 10.8. The van der Waals surface area contributed by atoms with Crippen LogP contribution in [-0.4, -0.2) is 0 Å². The van der Waals surface area contributed by atoms with Gasteiger partial charge in [-0.1, -0.05) is 48.9 Å². The molecule has 0 nitrogen and oxygen atoms in total. The molecule has 0 radical (unpaired) electrons. The van der Waals surface area contributed by atoms with Gasteiger partial charge in [-0.2, -0.15) is 0 Å². The molecule has 0 saturated heterocycles. The fourth-order valence-electron chi connectivity index (χ4n) is 3.61. The maximum Gasteiger partial charge on any atom is -0.0260 e. The van der Waals surface area contributed by atoms with Crippen molar-refractivity contribution in [3.63, 3.8) is 0 Å². The monoisotopic (exact) mass is 212 g/mol. The van der Waals surface area contributed by atoms with Crippen LogP contribution >= 0.6 is 0 Å². The fraction of sp³-hybridized carbons (Fsp3) is 0.500. The highest BCUT2D eigenvalue weighted by atomic mass is 14.4. The van der Waals surface area contributed by atoms with Crippen molar-refractivity contribution in [2.45, 2.75) is 32.1 Å². The molecule has 0 heteroatoms. The predicted molar refractivity (Wildman–Crippen MR) is 69.0 cm³/mol. The molecule has 84 valence electrons. The first-order valence-electron chi connectivity index (χ1n) is 6.63. The molecule has 3 atom stereocenters. The van der Waals surface area contributed by atoms with Crippen LogP contribution in [0.1, 0.15) is 37.7 Å². The third-order valence-electron chi connectivity index (χ3n) is 4.43. The van der Waals surface area contributed by atoms with Gasteiger partial charge in [0, 0.05) is 0 Å². The molecule has 1 aromatic carbocycles. The molecule has 0 spiro atoms. The summed E-state index contributed by atoms with van der Waals surface area (Å²) in [4.78, 5) is 0. The van der Waals surface area contributed by atoms with Crippen molar-refractivity contribution in [1.29, 1.82) is 0 Å². The zero-order valence-corrected chi connectivity index (χ0v) is 9.81. The molecule has 2 aliphatic carbocycles. The molecule has 3 rings (SSSR count). The van der Waals surface area contributed by atoms with Crippen LogP contribution in [0.25, 0.3) is 6.08 Å². The predicted octanol–water partition coefficient (Wildman–Crippen LogP) is 4.53. The summed E-state index contributed by atoms with van der Waals surface area (Å²) in [5, 5.41) is 0. The van der Waals surface area contributed by atoms with Crippen molar-refractivity contribution in [3.8, 4) is 0 Å².